The number of aryl methyl sites for hydroxylation is 1. The molecule has 0 spiro atoms. The first-order valence-electron chi connectivity index (χ1n) is 5.89. The number of nitrogens with zero attached hydrogens (tertiary/aromatic N) is 2. The Morgan fingerprint density at radius 2 is 2.12 bits per heavy atom. The van der Waals surface area contributed by atoms with Crippen molar-refractivity contribution in [1.29, 1.82) is 0 Å². The predicted molar refractivity (Wildman–Crippen MR) is 70.9 cm³/mol. The highest BCUT2D eigenvalue weighted by atomic mass is 35.5. The molecule has 0 aliphatic rings. The zero-order valence-corrected chi connectivity index (χ0v) is 11.6. The average molecular weight is 258 g/mol. The van der Waals surface area contributed by atoms with Crippen LogP contribution in [0, 0.1) is 12.8 Å². The van der Waals surface area contributed by atoms with Crippen molar-refractivity contribution in [2.24, 2.45) is 5.92 Å². The van der Waals surface area contributed by atoms with E-state index in [0.29, 0.717) is 30.9 Å². The van der Waals surface area contributed by atoms with E-state index in [4.69, 9.17) is 16.3 Å². The molecule has 0 aliphatic carbocycles. The van der Waals surface area contributed by atoms with E-state index in [0.717, 1.165) is 5.69 Å². The molecule has 96 valence electrons. The molecule has 0 saturated heterocycles. The predicted octanol–water partition coefficient (Wildman–Crippen LogP) is 2.86. The maximum Gasteiger partial charge on any atom is 0.226 e. The highest BCUT2D eigenvalue weighted by molar-refractivity contribution is 6.21. The van der Waals surface area contributed by atoms with Crippen LogP contribution >= 0.6 is 11.6 Å². The van der Waals surface area contributed by atoms with Gasteiger partial charge in [0, 0.05) is 18.3 Å². The fourth-order valence-corrected chi connectivity index (χ4v) is 1.34. The number of aromatic nitrogens is 2. The van der Waals surface area contributed by atoms with E-state index < -0.39 is 0 Å². The summed E-state index contributed by atoms with van der Waals surface area (Å²) < 4.78 is 5.36. The topological polar surface area (TPSA) is 47.0 Å². The minimum absolute atomic E-state index is 0.0645. The highest BCUT2D eigenvalue weighted by Gasteiger charge is 2.10. The van der Waals surface area contributed by atoms with E-state index in [1.807, 2.05) is 19.9 Å². The Balaban J connectivity index is 2.64. The number of rotatable bonds is 6. The average Bonchev–Trinajstić information content (AvgIpc) is 2.25. The molecule has 1 heterocycles. The molecule has 1 rings (SSSR count). The van der Waals surface area contributed by atoms with E-state index in [2.05, 4.69) is 29.1 Å². The lowest BCUT2D eigenvalue weighted by atomic mass is 10.1. The van der Waals surface area contributed by atoms with Crippen molar-refractivity contribution < 1.29 is 4.74 Å². The molecule has 1 atom stereocenters. The largest absolute Gasteiger partial charge is 0.478 e. The van der Waals surface area contributed by atoms with Crippen LogP contribution in [0.3, 0.4) is 0 Å². The van der Waals surface area contributed by atoms with Crippen LogP contribution in [0.25, 0.3) is 0 Å². The van der Waals surface area contributed by atoms with E-state index in [1.54, 1.807) is 0 Å². The van der Waals surface area contributed by atoms with Crippen LogP contribution in [-0.4, -0.2) is 28.5 Å². The van der Waals surface area contributed by atoms with Crippen molar-refractivity contribution in [2.75, 3.05) is 18.5 Å². The molecule has 0 amide bonds. The van der Waals surface area contributed by atoms with Gasteiger partial charge in [0.1, 0.15) is 0 Å². The number of anilines is 1. The van der Waals surface area contributed by atoms with Crippen molar-refractivity contribution in [2.45, 2.75) is 33.1 Å². The summed E-state index contributed by atoms with van der Waals surface area (Å²) in [5.41, 5.74) is 0.876. The molecule has 0 aliphatic heterocycles. The van der Waals surface area contributed by atoms with Gasteiger partial charge in [0.05, 0.1) is 12.0 Å². The standard InChI is InChI=1S/C12H20ClN3O/c1-5-17-11-6-9(4)15-12(16-11)14-7-10(13)8(2)3/h6,8,10H,5,7H2,1-4H3,(H,14,15,16). The Labute approximate surface area is 108 Å². The van der Waals surface area contributed by atoms with E-state index in [9.17, 15) is 0 Å². The molecular weight excluding hydrogens is 238 g/mol. The molecule has 0 aromatic carbocycles. The Morgan fingerprint density at radius 3 is 2.71 bits per heavy atom. The first-order chi connectivity index (χ1) is 8.02. The van der Waals surface area contributed by atoms with Gasteiger partial charge in [-0.3, -0.25) is 0 Å². The quantitative estimate of drug-likeness (QED) is 0.796. The molecule has 0 radical (unpaired) electrons. The van der Waals surface area contributed by atoms with Crippen LogP contribution in [-0.2, 0) is 0 Å². The second-order valence-corrected chi connectivity index (χ2v) is 4.81. The van der Waals surface area contributed by atoms with Gasteiger partial charge < -0.3 is 10.1 Å². The van der Waals surface area contributed by atoms with Crippen LogP contribution in [0.4, 0.5) is 5.95 Å². The van der Waals surface area contributed by atoms with Crippen molar-refractivity contribution in [3.63, 3.8) is 0 Å². The Morgan fingerprint density at radius 1 is 1.41 bits per heavy atom. The minimum atomic E-state index is 0.0645. The smallest absolute Gasteiger partial charge is 0.226 e. The second-order valence-electron chi connectivity index (χ2n) is 4.25. The summed E-state index contributed by atoms with van der Waals surface area (Å²) in [7, 11) is 0. The monoisotopic (exact) mass is 257 g/mol. The summed E-state index contributed by atoms with van der Waals surface area (Å²) in [6, 6.07) is 1.81. The molecule has 0 saturated carbocycles. The summed E-state index contributed by atoms with van der Waals surface area (Å²) in [5, 5.41) is 3.20. The fourth-order valence-electron chi connectivity index (χ4n) is 1.27. The minimum Gasteiger partial charge on any atom is -0.478 e. The fraction of sp³-hybridized carbons (Fsp3) is 0.667. The summed E-state index contributed by atoms with van der Waals surface area (Å²) in [5.74, 6) is 1.58. The number of hydrogen-bond donors (Lipinski definition) is 1. The first-order valence-corrected chi connectivity index (χ1v) is 6.33. The van der Waals surface area contributed by atoms with Crippen LogP contribution in [0.1, 0.15) is 26.5 Å². The number of hydrogen-bond acceptors (Lipinski definition) is 4. The summed E-state index contributed by atoms with van der Waals surface area (Å²) in [4.78, 5) is 8.54. The lowest BCUT2D eigenvalue weighted by Crippen LogP contribution is -2.20. The molecule has 1 unspecified atom stereocenters. The lowest BCUT2D eigenvalue weighted by molar-refractivity contribution is 0.326. The molecule has 0 bridgehead atoms. The third kappa shape index (κ3) is 4.77. The van der Waals surface area contributed by atoms with Crippen molar-refractivity contribution in [3.8, 4) is 5.88 Å². The van der Waals surface area contributed by atoms with Gasteiger partial charge in [-0.1, -0.05) is 13.8 Å². The Hall–Kier alpha value is -1.03. The van der Waals surface area contributed by atoms with Crippen LogP contribution < -0.4 is 10.1 Å². The second kappa shape index (κ2) is 6.64. The lowest BCUT2D eigenvalue weighted by Gasteiger charge is -2.14. The van der Waals surface area contributed by atoms with Crippen LogP contribution in [0.5, 0.6) is 5.88 Å². The summed E-state index contributed by atoms with van der Waals surface area (Å²) in [6.07, 6.45) is 0. The van der Waals surface area contributed by atoms with Gasteiger partial charge in [-0.25, -0.2) is 4.98 Å². The van der Waals surface area contributed by atoms with Gasteiger partial charge in [0.15, 0.2) is 0 Å². The maximum atomic E-state index is 6.16. The SMILES string of the molecule is CCOc1cc(C)nc(NCC(Cl)C(C)C)n1. The normalized spacial score (nSPS) is 12.6. The van der Waals surface area contributed by atoms with Crippen molar-refractivity contribution in [1.82, 2.24) is 9.97 Å². The summed E-state index contributed by atoms with van der Waals surface area (Å²) in [6.45, 7) is 9.26. The highest BCUT2D eigenvalue weighted by Crippen LogP contribution is 2.14. The number of halogens is 1. The first kappa shape index (κ1) is 14.0. The van der Waals surface area contributed by atoms with E-state index >= 15 is 0 Å². The third-order valence-corrected chi connectivity index (χ3v) is 2.96. The van der Waals surface area contributed by atoms with Crippen molar-refractivity contribution >= 4 is 17.5 Å². The van der Waals surface area contributed by atoms with E-state index in [1.165, 1.54) is 0 Å². The van der Waals surface area contributed by atoms with Gasteiger partial charge in [-0.15, -0.1) is 11.6 Å². The Kier molecular flexibility index (Phi) is 5.48. The molecule has 5 heteroatoms. The zero-order chi connectivity index (χ0) is 12.8. The zero-order valence-electron chi connectivity index (χ0n) is 10.8. The molecule has 1 aromatic rings. The van der Waals surface area contributed by atoms with Gasteiger partial charge in [0.25, 0.3) is 0 Å². The third-order valence-electron chi connectivity index (χ3n) is 2.30. The molecular formula is C12H20ClN3O. The van der Waals surface area contributed by atoms with Gasteiger partial charge in [-0.2, -0.15) is 4.98 Å². The maximum absolute atomic E-state index is 6.16. The Bertz CT molecular complexity index is 358. The number of nitrogens with one attached hydrogen (secondary N) is 1. The number of ether oxygens (including phenoxy) is 1. The number of alkyl halides is 1. The van der Waals surface area contributed by atoms with Crippen LogP contribution in [0.15, 0.2) is 6.07 Å². The van der Waals surface area contributed by atoms with Crippen molar-refractivity contribution in [3.05, 3.63) is 11.8 Å². The molecule has 4 nitrogen and oxygen atoms in total. The van der Waals surface area contributed by atoms with Gasteiger partial charge in [-0.05, 0) is 19.8 Å². The van der Waals surface area contributed by atoms with Gasteiger partial charge in [0.2, 0.25) is 11.8 Å². The molecule has 17 heavy (non-hydrogen) atoms. The van der Waals surface area contributed by atoms with Crippen LogP contribution in [0.2, 0.25) is 0 Å². The molecule has 1 N–H and O–H groups in total. The van der Waals surface area contributed by atoms with Gasteiger partial charge >= 0.3 is 0 Å². The molecule has 0 fully saturated rings. The summed E-state index contributed by atoms with van der Waals surface area (Å²) >= 11 is 6.16. The van der Waals surface area contributed by atoms with E-state index in [-0.39, 0.29) is 5.38 Å². The molecule has 1 aromatic heterocycles.